The molecule has 29 heavy (non-hydrogen) atoms. The molecule has 0 spiro atoms. The van der Waals surface area contributed by atoms with E-state index in [1.54, 1.807) is 6.20 Å². The van der Waals surface area contributed by atoms with Crippen LogP contribution in [0.2, 0.25) is 0 Å². The Morgan fingerprint density at radius 1 is 1.07 bits per heavy atom. The first-order valence-corrected chi connectivity index (χ1v) is 10.2. The zero-order valence-corrected chi connectivity index (χ0v) is 16.4. The van der Waals surface area contributed by atoms with Crippen LogP contribution in [-0.4, -0.2) is 40.3 Å². The van der Waals surface area contributed by atoms with E-state index in [1.165, 1.54) is 11.3 Å². The number of carbonyl (C=O) groups is 1. The summed E-state index contributed by atoms with van der Waals surface area (Å²) in [4.78, 5) is 17.2. The van der Waals surface area contributed by atoms with Crippen molar-refractivity contribution in [1.82, 2.24) is 14.7 Å². The van der Waals surface area contributed by atoms with Gasteiger partial charge in [-0.05, 0) is 42.2 Å². The lowest BCUT2D eigenvalue weighted by Gasteiger charge is -2.23. The fraction of sp³-hybridized carbons (Fsp3) is 0.304. The lowest BCUT2D eigenvalue weighted by atomic mass is 10.1. The Morgan fingerprint density at radius 2 is 1.93 bits per heavy atom. The molecule has 1 N–H and O–H groups in total. The van der Waals surface area contributed by atoms with Gasteiger partial charge in [0.05, 0.1) is 6.04 Å². The summed E-state index contributed by atoms with van der Waals surface area (Å²) in [5, 5.41) is 7.47. The van der Waals surface area contributed by atoms with Gasteiger partial charge in [0.2, 0.25) is 0 Å². The van der Waals surface area contributed by atoms with Gasteiger partial charge in [-0.1, -0.05) is 36.4 Å². The molecule has 1 fully saturated rings. The molecule has 6 nitrogen and oxygen atoms in total. The van der Waals surface area contributed by atoms with E-state index in [4.69, 9.17) is 0 Å². The molecule has 0 saturated carbocycles. The largest absolute Gasteiger partial charge is 0.367 e. The van der Waals surface area contributed by atoms with Crippen LogP contribution in [0.3, 0.4) is 0 Å². The first-order valence-electron chi connectivity index (χ1n) is 10.2. The molecule has 6 heteroatoms. The monoisotopic (exact) mass is 387 g/mol. The number of urea groups is 1. The van der Waals surface area contributed by atoms with Gasteiger partial charge in [0.1, 0.15) is 0 Å². The summed E-state index contributed by atoms with van der Waals surface area (Å²) in [6.45, 7) is 3.25. The van der Waals surface area contributed by atoms with E-state index in [9.17, 15) is 4.79 Å². The molecule has 2 aliphatic heterocycles. The van der Waals surface area contributed by atoms with Gasteiger partial charge in [-0.3, -0.25) is 4.68 Å². The third-order valence-electron chi connectivity index (χ3n) is 5.95. The van der Waals surface area contributed by atoms with Crippen LogP contribution in [0.25, 0.3) is 0 Å². The molecule has 1 atom stereocenters. The number of hydrogen-bond acceptors (Lipinski definition) is 3. The van der Waals surface area contributed by atoms with Gasteiger partial charge in [0, 0.05) is 49.9 Å². The Morgan fingerprint density at radius 3 is 2.83 bits per heavy atom. The quantitative estimate of drug-likeness (QED) is 0.738. The zero-order valence-electron chi connectivity index (χ0n) is 16.4. The molecule has 2 aliphatic rings. The molecule has 2 amide bonds. The standard InChI is InChI=1S/C23H25N5O/c29-23(27-15-11-20(17-27)28-13-5-12-24-28)25-21-8-3-1-7-19(21)16-26-14-10-18-6-2-4-9-22(18)26/h1-9,12-13,20H,10-11,14-17H2,(H,25,29). The summed E-state index contributed by atoms with van der Waals surface area (Å²) >= 11 is 0. The number of nitrogens with one attached hydrogen (secondary N) is 1. The Hall–Kier alpha value is -3.28. The molecule has 0 bridgehead atoms. The van der Waals surface area contributed by atoms with E-state index in [1.807, 2.05) is 40.0 Å². The number of carbonyl (C=O) groups excluding carboxylic acids is 1. The molecule has 1 saturated heterocycles. The van der Waals surface area contributed by atoms with E-state index < -0.39 is 0 Å². The van der Waals surface area contributed by atoms with Crippen molar-refractivity contribution < 1.29 is 4.79 Å². The average Bonchev–Trinajstić information content (AvgIpc) is 3.50. The number of aromatic nitrogens is 2. The maximum Gasteiger partial charge on any atom is 0.321 e. The van der Waals surface area contributed by atoms with E-state index in [-0.39, 0.29) is 12.1 Å². The van der Waals surface area contributed by atoms with Gasteiger partial charge in [0.25, 0.3) is 0 Å². The highest BCUT2D eigenvalue weighted by Crippen LogP contribution is 2.30. The second-order valence-corrected chi connectivity index (χ2v) is 7.76. The molecule has 3 aromatic rings. The molecule has 5 rings (SSSR count). The predicted octanol–water partition coefficient (Wildman–Crippen LogP) is 3.92. The average molecular weight is 387 g/mol. The highest BCUT2D eigenvalue weighted by molar-refractivity contribution is 5.90. The summed E-state index contributed by atoms with van der Waals surface area (Å²) in [6, 6.07) is 18.8. The lowest BCUT2D eigenvalue weighted by Crippen LogP contribution is -2.33. The molecule has 148 valence electrons. The minimum absolute atomic E-state index is 0.0334. The van der Waals surface area contributed by atoms with Crippen molar-refractivity contribution in [1.29, 1.82) is 0 Å². The Kier molecular flexibility index (Phi) is 4.68. The number of amides is 2. The first-order chi connectivity index (χ1) is 14.3. The first kappa shape index (κ1) is 17.8. The molecular formula is C23H25N5O. The Labute approximate surface area is 170 Å². The number of para-hydroxylation sites is 2. The molecule has 0 aliphatic carbocycles. The van der Waals surface area contributed by atoms with Gasteiger partial charge in [0.15, 0.2) is 0 Å². The lowest BCUT2D eigenvalue weighted by molar-refractivity contribution is 0.220. The predicted molar refractivity (Wildman–Crippen MR) is 114 cm³/mol. The molecular weight excluding hydrogens is 362 g/mol. The molecule has 1 unspecified atom stereocenters. The fourth-order valence-corrected chi connectivity index (χ4v) is 4.39. The van der Waals surface area contributed by atoms with Crippen LogP contribution in [0.4, 0.5) is 16.2 Å². The van der Waals surface area contributed by atoms with Crippen LogP contribution in [0, 0.1) is 0 Å². The Bertz CT molecular complexity index is 1000. The van der Waals surface area contributed by atoms with E-state index in [0.29, 0.717) is 6.54 Å². The number of nitrogens with zero attached hydrogens (tertiary/aromatic N) is 4. The minimum Gasteiger partial charge on any atom is -0.367 e. The van der Waals surface area contributed by atoms with Crippen molar-refractivity contribution in [2.45, 2.75) is 25.4 Å². The van der Waals surface area contributed by atoms with Crippen molar-refractivity contribution in [3.63, 3.8) is 0 Å². The van der Waals surface area contributed by atoms with Crippen LogP contribution in [-0.2, 0) is 13.0 Å². The number of hydrogen-bond donors (Lipinski definition) is 1. The normalized spacial score (nSPS) is 18.1. The van der Waals surface area contributed by atoms with Gasteiger partial charge in [-0.15, -0.1) is 0 Å². The van der Waals surface area contributed by atoms with Crippen molar-refractivity contribution >= 4 is 17.4 Å². The summed E-state index contributed by atoms with van der Waals surface area (Å²) in [7, 11) is 0. The van der Waals surface area contributed by atoms with E-state index in [0.717, 1.165) is 43.7 Å². The van der Waals surface area contributed by atoms with Crippen molar-refractivity contribution in [2.75, 3.05) is 29.9 Å². The van der Waals surface area contributed by atoms with Crippen LogP contribution < -0.4 is 10.2 Å². The van der Waals surface area contributed by atoms with Crippen molar-refractivity contribution in [2.24, 2.45) is 0 Å². The highest BCUT2D eigenvalue weighted by atomic mass is 16.2. The topological polar surface area (TPSA) is 53.4 Å². The van der Waals surface area contributed by atoms with Gasteiger partial charge in [-0.2, -0.15) is 5.10 Å². The fourth-order valence-electron chi connectivity index (χ4n) is 4.39. The summed E-state index contributed by atoms with van der Waals surface area (Å²) in [6.07, 6.45) is 5.76. The van der Waals surface area contributed by atoms with Crippen LogP contribution in [0.15, 0.2) is 67.0 Å². The number of fused-ring (bicyclic) bond motifs is 1. The van der Waals surface area contributed by atoms with Crippen molar-refractivity contribution in [3.05, 3.63) is 78.1 Å². The maximum atomic E-state index is 12.9. The highest BCUT2D eigenvalue weighted by Gasteiger charge is 2.28. The Balaban J connectivity index is 1.27. The number of benzene rings is 2. The summed E-state index contributed by atoms with van der Waals surface area (Å²) in [5.41, 5.74) is 4.73. The van der Waals surface area contributed by atoms with Crippen molar-refractivity contribution in [3.8, 4) is 0 Å². The van der Waals surface area contributed by atoms with Crippen LogP contribution in [0.1, 0.15) is 23.6 Å². The second-order valence-electron chi connectivity index (χ2n) is 7.76. The van der Waals surface area contributed by atoms with Crippen LogP contribution in [0.5, 0.6) is 0 Å². The van der Waals surface area contributed by atoms with Crippen LogP contribution >= 0.6 is 0 Å². The SMILES string of the molecule is O=C(Nc1ccccc1CN1CCc2ccccc21)N1CCC(n2cccn2)C1. The van der Waals surface area contributed by atoms with Gasteiger partial charge in [-0.25, -0.2) is 4.79 Å². The summed E-state index contributed by atoms with van der Waals surface area (Å²) < 4.78 is 1.95. The molecule has 3 heterocycles. The summed E-state index contributed by atoms with van der Waals surface area (Å²) in [5.74, 6) is 0. The number of anilines is 2. The minimum atomic E-state index is -0.0334. The zero-order chi connectivity index (χ0) is 19.6. The van der Waals surface area contributed by atoms with E-state index >= 15 is 0 Å². The molecule has 2 aromatic carbocycles. The number of rotatable bonds is 4. The maximum absolute atomic E-state index is 12.9. The number of likely N-dealkylation sites (tertiary alicyclic amines) is 1. The van der Waals surface area contributed by atoms with E-state index in [2.05, 4.69) is 45.6 Å². The van der Waals surface area contributed by atoms with Gasteiger partial charge < -0.3 is 15.1 Å². The molecule has 0 radical (unpaired) electrons. The third kappa shape index (κ3) is 3.58. The molecule has 1 aromatic heterocycles. The smallest absolute Gasteiger partial charge is 0.321 e. The van der Waals surface area contributed by atoms with Gasteiger partial charge >= 0.3 is 6.03 Å². The third-order valence-corrected chi connectivity index (χ3v) is 5.95. The second kappa shape index (κ2) is 7.62.